The van der Waals surface area contributed by atoms with Crippen molar-refractivity contribution in [3.8, 4) is 5.75 Å². The molecule has 0 aliphatic heterocycles. The van der Waals surface area contributed by atoms with Crippen LogP contribution in [0.5, 0.6) is 5.75 Å². The highest BCUT2D eigenvalue weighted by Crippen LogP contribution is 2.21. The quantitative estimate of drug-likeness (QED) is 0.389. The number of amides is 1. The number of methoxy groups -OCH3 is 1. The molecule has 0 radical (unpaired) electrons. The van der Waals surface area contributed by atoms with Crippen LogP contribution in [0.2, 0.25) is 0 Å². The van der Waals surface area contributed by atoms with Crippen LogP contribution in [0, 0.1) is 12.3 Å². The Morgan fingerprint density at radius 3 is 2.48 bits per heavy atom. The maximum atomic E-state index is 11.6. The highest BCUT2D eigenvalue weighted by molar-refractivity contribution is 5.96. The van der Waals surface area contributed by atoms with Crippen LogP contribution in [0.1, 0.15) is 25.0 Å². The van der Waals surface area contributed by atoms with Gasteiger partial charge < -0.3 is 19.7 Å². The molecule has 1 N–H and O–H groups in total. The molecule has 0 saturated carbocycles. The maximum Gasteiger partial charge on any atom is 0.446 e. The van der Waals surface area contributed by atoms with Gasteiger partial charge in [0, 0.05) is 12.6 Å². The Labute approximate surface area is 122 Å². The van der Waals surface area contributed by atoms with Crippen LogP contribution in [0.25, 0.3) is 0 Å². The molecular weight excluding hydrogens is 276 g/mol. The first-order chi connectivity index (χ1) is 9.85. The molecule has 1 rings (SSSR count). The zero-order chi connectivity index (χ0) is 16.0. The second-order valence-corrected chi connectivity index (χ2v) is 4.31. The zero-order valence-corrected chi connectivity index (χ0v) is 12.4. The van der Waals surface area contributed by atoms with Crippen molar-refractivity contribution in [1.82, 2.24) is 5.06 Å². The van der Waals surface area contributed by atoms with Crippen molar-refractivity contribution in [3.63, 3.8) is 0 Å². The molecule has 0 atom stereocenters. The lowest BCUT2D eigenvalue weighted by molar-refractivity contribution is -0.159. The van der Waals surface area contributed by atoms with Gasteiger partial charge in [0.2, 0.25) is 6.73 Å². The summed E-state index contributed by atoms with van der Waals surface area (Å²) in [5.41, 5.74) is 1.79. The highest BCUT2D eigenvalue weighted by Gasteiger charge is 2.19. The van der Waals surface area contributed by atoms with Crippen LogP contribution in [0.4, 0.5) is 4.79 Å². The van der Waals surface area contributed by atoms with Gasteiger partial charge in [0.05, 0.1) is 7.11 Å². The second kappa shape index (κ2) is 7.28. The summed E-state index contributed by atoms with van der Waals surface area (Å²) in [6.07, 6.45) is -0.798. The smallest absolute Gasteiger partial charge is 0.446 e. The van der Waals surface area contributed by atoms with Crippen LogP contribution in [-0.2, 0) is 14.3 Å². The van der Waals surface area contributed by atoms with E-state index in [0.29, 0.717) is 17.0 Å². The minimum absolute atomic E-state index is 0.365. The summed E-state index contributed by atoms with van der Waals surface area (Å²) in [6, 6.07) is 5.17. The second-order valence-electron chi connectivity index (χ2n) is 4.31. The molecule has 0 unspecified atom stereocenters. The van der Waals surface area contributed by atoms with E-state index in [4.69, 9.17) is 15.0 Å². The Hall–Kier alpha value is -2.57. The van der Waals surface area contributed by atoms with Gasteiger partial charge in [-0.1, -0.05) is 12.1 Å². The molecule has 0 aliphatic carbocycles. The van der Waals surface area contributed by atoms with Gasteiger partial charge in [0.15, 0.2) is 5.75 Å². The first kappa shape index (κ1) is 16.5. The molecular formula is C14H18N2O5. The predicted molar refractivity (Wildman–Crippen MR) is 75.2 cm³/mol. The molecule has 0 heterocycles. The molecule has 0 bridgehead atoms. The predicted octanol–water partition coefficient (Wildman–Crippen LogP) is 2.27. The van der Waals surface area contributed by atoms with Crippen molar-refractivity contribution in [3.05, 3.63) is 29.3 Å². The first-order valence-corrected chi connectivity index (χ1v) is 6.18. The lowest BCUT2D eigenvalue weighted by atomic mass is 10.1. The Morgan fingerprint density at radius 1 is 1.29 bits per heavy atom. The zero-order valence-electron chi connectivity index (χ0n) is 12.4. The molecule has 7 nitrogen and oxygen atoms in total. The Balaban J connectivity index is 2.96. The third kappa shape index (κ3) is 4.79. The molecule has 1 aromatic carbocycles. The van der Waals surface area contributed by atoms with Crippen LogP contribution in [0.3, 0.4) is 0 Å². The number of benzene rings is 1. The average Bonchev–Trinajstić information content (AvgIpc) is 2.43. The van der Waals surface area contributed by atoms with Gasteiger partial charge in [0.25, 0.3) is 0 Å². The fourth-order valence-corrected chi connectivity index (χ4v) is 1.42. The fourth-order valence-electron chi connectivity index (χ4n) is 1.42. The molecule has 1 amide bonds. The number of hydrogen-bond acceptors (Lipinski definition) is 6. The van der Waals surface area contributed by atoms with E-state index >= 15 is 0 Å². The van der Waals surface area contributed by atoms with Gasteiger partial charge in [-0.25, -0.2) is 4.79 Å². The largest absolute Gasteiger partial charge is 0.451 e. The van der Waals surface area contributed by atoms with E-state index < -0.39 is 18.8 Å². The first-order valence-electron chi connectivity index (χ1n) is 6.18. The summed E-state index contributed by atoms with van der Waals surface area (Å²) >= 11 is 0. The minimum atomic E-state index is -0.798. The average molecular weight is 294 g/mol. The number of esters is 1. The Kier molecular flexibility index (Phi) is 5.71. The molecule has 1 aromatic rings. The van der Waals surface area contributed by atoms with Crippen LogP contribution in [-0.4, -0.2) is 36.7 Å². The van der Waals surface area contributed by atoms with Crippen molar-refractivity contribution < 1.29 is 23.9 Å². The number of hydrogen-bond donors (Lipinski definition) is 1. The van der Waals surface area contributed by atoms with Crippen molar-refractivity contribution in [2.45, 2.75) is 20.8 Å². The molecule has 0 saturated heterocycles. The highest BCUT2D eigenvalue weighted by atomic mass is 16.8. The van der Waals surface area contributed by atoms with Gasteiger partial charge in [-0.15, -0.1) is 5.06 Å². The molecule has 0 fully saturated rings. The van der Waals surface area contributed by atoms with Crippen molar-refractivity contribution >= 4 is 17.8 Å². The van der Waals surface area contributed by atoms with E-state index in [9.17, 15) is 9.59 Å². The van der Waals surface area contributed by atoms with Gasteiger partial charge in [-0.05, 0) is 31.0 Å². The topological polar surface area (TPSA) is 88.9 Å². The van der Waals surface area contributed by atoms with E-state index in [-0.39, 0.29) is 0 Å². The summed E-state index contributed by atoms with van der Waals surface area (Å²) in [6.45, 7) is 4.26. The van der Waals surface area contributed by atoms with Crippen molar-refractivity contribution in [2.75, 3.05) is 13.8 Å². The number of carbonyl (C=O) groups is 2. The van der Waals surface area contributed by atoms with Crippen LogP contribution in [0.15, 0.2) is 18.2 Å². The molecule has 0 aliphatic rings. The van der Waals surface area contributed by atoms with Crippen molar-refractivity contribution in [1.29, 1.82) is 5.41 Å². The van der Waals surface area contributed by atoms with Gasteiger partial charge in [0.1, 0.15) is 0 Å². The number of aryl methyl sites for hydroxylation is 1. The van der Waals surface area contributed by atoms with Crippen LogP contribution < -0.4 is 4.84 Å². The third-order valence-corrected chi connectivity index (χ3v) is 2.59. The number of carbonyl (C=O) groups excluding carboxylic acids is 2. The van der Waals surface area contributed by atoms with E-state index in [1.807, 2.05) is 0 Å². The van der Waals surface area contributed by atoms with E-state index in [2.05, 4.69) is 4.74 Å². The molecule has 0 spiro atoms. The number of nitrogens with zero attached hydrogens (tertiary/aromatic N) is 1. The van der Waals surface area contributed by atoms with Crippen molar-refractivity contribution in [2.24, 2.45) is 0 Å². The third-order valence-electron chi connectivity index (χ3n) is 2.59. The Morgan fingerprint density at radius 2 is 1.95 bits per heavy atom. The van der Waals surface area contributed by atoms with Crippen LogP contribution >= 0.6 is 0 Å². The lowest BCUT2D eigenvalue weighted by Gasteiger charge is -2.21. The summed E-state index contributed by atoms with van der Waals surface area (Å²) < 4.78 is 9.30. The maximum absolute atomic E-state index is 11.6. The van der Waals surface area contributed by atoms with Gasteiger partial charge in [-0.3, -0.25) is 4.79 Å². The summed E-state index contributed by atoms with van der Waals surface area (Å²) in [5, 5.41) is 8.40. The summed E-state index contributed by atoms with van der Waals surface area (Å²) in [4.78, 5) is 27.9. The number of ether oxygens (including phenoxy) is 2. The minimum Gasteiger partial charge on any atom is -0.451 e. The lowest BCUT2D eigenvalue weighted by Crippen LogP contribution is -2.37. The molecule has 21 heavy (non-hydrogen) atoms. The van der Waals surface area contributed by atoms with Gasteiger partial charge in [-0.2, -0.15) is 0 Å². The SMILES string of the molecule is COC(=O)N(COC(C)=O)Oc1cc(C(C)=N)ccc1C. The number of nitrogens with one attached hydrogen (secondary N) is 1. The molecule has 0 aromatic heterocycles. The normalized spacial score (nSPS) is 9.71. The van der Waals surface area contributed by atoms with E-state index in [0.717, 1.165) is 10.6 Å². The number of rotatable bonds is 5. The Bertz CT molecular complexity index is 556. The fraction of sp³-hybridized carbons (Fsp3) is 0.357. The molecule has 114 valence electrons. The van der Waals surface area contributed by atoms with E-state index in [1.165, 1.54) is 14.0 Å². The monoisotopic (exact) mass is 294 g/mol. The molecule has 7 heteroatoms. The number of hydroxylamine groups is 2. The van der Waals surface area contributed by atoms with Gasteiger partial charge >= 0.3 is 12.1 Å². The summed E-state index contributed by atoms with van der Waals surface area (Å²) in [5.74, 6) is -0.176. The standard InChI is InChI=1S/C14H18N2O5/c1-9-5-6-12(10(2)15)7-13(9)21-16(14(18)19-4)8-20-11(3)17/h5-7,15H,8H2,1-4H3. The summed E-state index contributed by atoms with van der Waals surface area (Å²) in [7, 11) is 1.19. The van der Waals surface area contributed by atoms with E-state index in [1.54, 1.807) is 32.0 Å².